The van der Waals surface area contributed by atoms with Crippen molar-refractivity contribution < 1.29 is 9.53 Å². The second-order valence-electron chi connectivity index (χ2n) is 3.43. The van der Waals surface area contributed by atoms with Crippen molar-refractivity contribution >= 4 is 17.4 Å². The number of carbonyl (C=O) groups is 1. The summed E-state index contributed by atoms with van der Waals surface area (Å²) >= 11 is 5.88. The first-order valence-electron chi connectivity index (χ1n) is 4.98. The zero-order valence-corrected chi connectivity index (χ0v) is 9.80. The van der Waals surface area contributed by atoms with E-state index in [4.69, 9.17) is 16.3 Å². The number of halogens is 1. The molecule has 0 bridgehead atoms. The molecule has 0 aliphatic carbocycles. The van der Waals surface area contributed by atoms with Gasteiger partial charge in [0.05, 0.1) is 6.61 Å². The van der Waals surface area contributed by atoms with Crippen molar-refractivity contribution in [3.8, 4) is 0 Å². The van der Waals surface area contributed by atoms with Gasteiger partial charge in [0.2, 0.25) is 0 Å². The Bertz CT molecular complexity index is 347. The largest absolute Gasteiger partial charge is 0.377 e. The van der Waals surface area contributed by atoms with Gasteiger partial charge in [-0.1, -0.05) is 17.7 Å². The van der Waals surface area contributed by atoms with Crippen molar-refractivity contribution in [2.24, 2.45) is 0 Å². The van der Waals surface area contributed by atoms with Gasteiger partial charge in [0.1, 0.15) is 5.78 Å². The number of ether oxygens (including phenoxy) is 1. The quantitative estimate of drug-likeness (QED) is 0.772. The lowest BCUT2D eigenvalue weighted by Crippen LogP contribution is -2.02. The maximum Gasteiger partial charge on any atom is 0.134 e. The molecule has 0 unspecified atom stereocenters. The average molecular weight is 227 g/mol. The first kappa shape index (κ1) is 12.2. The maximum absolute atomic E-state index is 11.1. The third-order valence-electron chi connectivity index (χ3n) is 2.07. The van der Waals surface area contributed by atoms with E-state index in [1.807, 2.05) is 25.1 Å². The fourth-order valence-corrected chi connectivity index (χ4v) is 1.57. The van der Waals surface area contributed by atoms with Crippen LogP contribution in [0.5, 0.6) is 0 Å². The Kier molecular flexibility index (Phi) is 4.79. The first-order chi connectivity index (χ1) is 7.13. The number of hydrogen-bond acceptors (Lipinski definition) is 2. The molecule has 0 fully saturated rings. The molecule has 82 valence electrons. The van der Waals surface area contributed by atoms with Gasteiger partial charge in [0.25, 0.3) is 0 Å². The zero-order chi connectivity index (χ0) is 11.3. The van der Waals surface area contributed by atoms with Crippen LogP contribution in [0.25, 0.3) is 0 Å². The summed E-state index contributed by atoms with van der Waals surface area (Å²) in [5, 5.41) is 0.659. The number of Topliss-reactive ketones (excluding diaryl/α,β-unsaturated/α-hetero) is 1. The third-order valence-corrected chi connectivity index (χ3v) is 2.30. The molecule has 0 radical (unpaired) electrons. The lowest BCUT2D eigenvalue weighted by Gasteiger charge is -2.08. The summed E-state index contributed by atoms with van der Waals surface area (Å²) in [6, 6.07) is 5.56. The Morgan fingerprint density at radius 1 is 1.40 bits per heavy atom. The SMILES string of the molecule is CCOCc1ccc(Cl)cc1CC(C)=O. The molecule has 1 rings (SSSR count). The summed E-state index contributed by atoms with van der Waals surface area (Å²) in [5.41, 5.74) is 2.00. The average Bonchev–Trinajstić information content (AvgIpc) is 2.16. The van der Waals surface area contributed by atoms with E-state index in [0.717, 1.165) is 11.1 Å². The molecule has 0 aliphatic rings. The molecular formula is C12H15ClO2. The number of carbonyl (C=O) groups excluding carboxylic acids is 1. The van der Waals surface area contributed by atoms with Crippen LogP contribution in [-0.4, -0.2) is 12.4 Å². The molecule has 0 saturated carbocycles. The molecule has 0 spiro atoms. The number of ketones is 1. The van der Waals surface area contributed by atoms with Gasteiger partial charge in [-0.2, -0.15) is 0 Å². The van der Waals surface area contributed by atoms with Crippen LogP contribution in [0.2, 0.25) is 5.02 Å². The van der Waals surface area contributed by atoms with Crippen LogP contribution in [0.3, 0.4) is 0 Å². The van der Waals surface area contributed by atoms with Crippen molar-refractivity contribution in [3.05, 3.63) is 34.3 Å². The topological polar surface area (TPSA) is 26.3 Å². The minimum Gasteiger partial charge on any atom is -0.377 e. The third kappa shape index (κ3) is 4.02. The van der Waals surface area contributed by atoms with E-state index in [-0.39, 0.29) is 5.78 Å². The second kappa shape index (κ2) is 5.89. The predicted octanol–water partition coefficient (Wildman–Crippen LogP) is 3.01. The van der Waals surface area contributed by atoms with E-state index in [9.17, 15) is 4.79 Å². The molecule has 15 heavy (non-hydrogen) atoms. The molecule has 1 aromatic carbocycles. The fourth-order valence-electron chi connectivity index (χ4n) is 1.38. The monoisotopic (exact) mass is 226 g/mol. The van der Waals surface area contributed by atoms with Crippen LogP contribution in [0.4, 0.5) is 0 Å². The first-order valence-corrected chi connectivity index (χ1v) is 5.35. The van der Waals surface area contributed by atoms with E-state index < -0.39 is 0 Å². The fraction of sp³-hybridized carbons (Fsp3) is 0.417. The van der Waals surface area contributed by atoms with Gasteiger partial charge in [-0.3, -0.25) is 4.79 Å². The van der Waals surface area contributed by atoms with Gasteiger partial charge in [-0.25, -0.2) is 0 Å². The normalized spacial score (nSPS) is 10.3. The Hall–Kier alpha value is -0.860. The van der Waals surface area contributed by atoms with Gasteiger partial charge in [-0.15, -0.1) is 0 Å². The van der Waals surface area contributed by atoms with Crippen molar-refractivity contribution in [1.82, 2.24) is 0 Å². The van der Waals surface area contributed by atoms with Crippen molar-refractivity contribution in [3.63, 3.8) is 0 Å². The smallest absolute Gasteiger partial charge is 0.134 e. The van der Waals surface area contributed by atoms with Gasteiger partial charge >= 0.3 is 0 Å². The van der Waals surface area contributed by atoms with Crippen LogP contribution in [0.15, 0.2) is 18.2 Å². The van der Waals surface area contributed by atoms with Crippen LogP contribution in [-0.2, 0) is 22.6 Å². The van der Waals surface area contributed by atoms with Crippen molar-refractivity contribution in [1.29, 1.82) is 0 Å². The van der Waals surface area contributed by atoms with Crippen LogP contribution in [0, 0.1) is 0 Å². The lowest BCUT2D eigenvalue weighted by atomic mass is 10.0. The molecule has 1 aromatic rings. The van der Waals surface area contributed by atoms with Crippen LogP contribution >= 0.6 is 11.6 Å². The summed E-state index contributed by atoms with van der Waals surface area (Å²) < 4.78 is 5.33. The summed E-state index contributed by atoms with van der Waals surface area (Å²) in [5.74, 6) is 0.134. The molecule has 0 atom stereocenters. The second-order valence-corrected chi connectivity index (χ2v) is 3.87. The number of hydrogen-bond donors (Lipinski definition) is 0. The van der Waals surface area contributed by atoms with E-state index in [0.29, 0.717) is 24.7 Å². The minimum absolute atomic E-state index is 0.134. The molecule has 0 heterocycles. The summed E-state index contributed by atoms with van der Waals surface area (Å²) in [7, 11) is 0. The predicted molar refractivity (Wildman–Crippen MR) is 61.2 cm³/mol. The van der Waals surface area contributed by atoms with E-state index in [2.05, 4.69) is 0 Å². The highest BCUT2D eigenvalue weighted by molar-refractivity contribution is 6.30. The van der Waals surface area contributed by atoms with E-state index in [1.165, 1.54) is 0 Å². The van der Waals surface area contributed by atoms with Gasteiger partial charge < -0.3 is 4.74 Å². The van der Waals surface area contributed by atoms with Crippen LogP contribution < -0.4 is 0 Å². The molecular weight excluding hydrogens is 212 g/mol. The Morgan fingerprint density at radius 3 is 2.73 bits per heavy atom. The highest BCUT2D eigenvalue weighted by Gasteiger charge is 2.05. The highest BCUT2D eigenvalue weighted by Crippen LogP contribution is 2.17. The summed E-state index contributed by atoms with van der Waals surface area (Å²) in [6.45, 7) is 4.73. The Balaban J connectivity index is 2.87. The molecule has 0 aliphatic heterocycles. The highest BCUT2D eigenvalue weighted by atomic mass is 35.5. The molecule has 0 amide bonds. The van der Waals surface area contributed by atoms with Crippen molar-refractivity contribution in [2.75, 3.05) is 6.61 Å². The molecule has 0 aromatic heterocycles. The Morgan fingerprint density at radius 2 is 2.13 bits per heavy atom. The Labute approximate surface area is 95.2 Å². The lowest BCUT2D eigenvalue weighted by molar-refractivity contribution is -0.116. The van der Waals surface area contributed by atoms with Crippen LogP contribution in [0.1, 0.15) is 25.0 Å². The molecule has 0 N–H and O–H groups in total. The van der Waals surface area contributed by atoms with E-state index in [1.54, 1.807) is 6.92 Å². The maximum atomic E-state index is 11.1. The molecule has 3 heteroatoms. The van der Waals surface area contributed by atoms with Gasteiger partial charge in [0, 0.05) is 18.1 Å². The standard InChI is InChI=1S/C12H15ClO2/c1-3-15-8-10-4-5-12(13)7-11(10)6-9(2)14/h4-5,7H,3,6,8H2,1-2H3. The zero-order valence-electron chi connectivity index (χ0n) is 9.05. The van der Waals surface area contributed by atoms with Crippen molar-refractivity contribution in [2.45, 2.75) is 26.9 Å². The number of benzene rings is 1. The van der Waals surface area contributed by atoms with Gasteiger partial charge in [0.15, 0.2) is 0 Å². The summed E-state index contributed by atoms with van der Waals surface area (Å²) in [6.07, 6.45) is 0.420. The minimum atomic E-state index is 0.134. The van der Waals surface area contributed by atoms with E-state index >= 15 is 0 Å². The van der Waals surface area contributed by atoms with Gasteiger partial charge in [-0.05, 0) is 37.1 Å². The molecule has 0 saturated heterocycles. The summed E-state index contributed by atoms with van der Waals surface area (Å²) in [4.78, 5) is 11.1. The number of rotatable bonds is 5. The molecule has 2 nitrogen and oxygen atoms in total.